The molecule has 7 heteroatoms. The van der Waals surface area contributed by atoms with Crippen LogP contribution in [0.2, 0.25) is 0 Å². The van der Waals surface area contributed by atoms with Crippen LogP contribution < -0.4 is 15.4 Å². The highest BCUT2D eigenvalue weighted by Crippen LogP contribution is 2.28. The van der Waals surface area contributed by atoms with Crippen LogP contribution >= 0.6 is 0 Å². The smallest absolute Gasteiger partial charge is 0.254 e. The summed E-state index contributed by atoms with van der Waals surface area (Å²) in [6.07, 6.45) is 4.04. The average Bonchev–Trinajstić information content (AvgIpc) is 2.91. The molecule has 2 aromatic rings. The number of benzene rings is 1. The third-order valence-electron chi connectivity index (χ3n) is 5.92. The maximum absolute atomic E-state index is 13.3. The molecule has 0 bridgehead atoms. The van der Waals surface area contributed by atoms with E-state index >= 15 is 0 Å². The number of hydrogen-bond donors (Lipinski definition) is 1. The number of aromatic amines is 1. The number of aromatic nitrogens is 2. The normalized spacial score (nSPS) is 23.1. The minimum Gasteiger partial charge on any atom is -0.378 e. The van der Waals surface area contributed by atoms with Crippen molar-refractivity contribution in [2.75, 3.05) is 42.6 Å². The molecule has 2 aliphatic rings. The van der Waals surface area contributed by atoms with Crippen LogP contribution in [0.5, 0.6) is 0 Å². The molecular formula is C22H29FN4O2. The van der Waals surface area contributed by atoms with Gasteiger partial charge in [0.2, 0.25) is 5.95 Å². The molecule has 29 heavy (non-hydrogen) atoms. The summed E-state index contributed by atoms with van der Waals surface area (Å²) in [6, 6.07) is 8.51. The highest BCUT2D eigenvalue weighted by atomic mass is 19.1. The summed E-state index contributed by atoms with van der Waals surface area (Å²) in [6.45, 7) is 5.92. The van der Waals surface area contributed by atoms with Crippen molar-refractivity contribution in [3.63, 3.8) is 0 Å². The van der Waals surface area contributed by atoms with Crippen molar-refractivity contribution in [1.82, 2.24) is 9.97 Å². The first-order chi connectivity index (χ1) is 14.1. The Kier molecular flexibility index (Phi) is 6.13. The van der Waals surface area contributed by atoms with Crippen molar-refractivity contribution in [2.24, 2.45) is 5.92 Å². The largest absolute Gasteiger partial charge is 0.378 e. The molecule has 156 valence electrons. The lowest BCUT2D eigenvalue weighted by Gasteiger charge is -2.33. The number of halogens is 1. The molecule has 0 radical (unpaired) electrons. The topological polar surface area (TPSA) is 61.5 Å². The number of rotatable bonds is 4. The highest BCUT2D eigenvalue weighted by Gasteiger charge is 2.27. The maximum Gasteiger partial charge on any atom is 0.254 e. The standard InChI is InChI=1S/C22H29FN4O2/c1-16-3-2-8-27(19(13-16)14-17-4-6-18(23)7-5-17)22-24-20(15-21(28)25-22)26-9-11-29-12-10-26/h4-7,15-16,19H,2-3,8-14H2,1H3,(H,24,25,28)/t16-,19+/m0/s1. The van der Waals surface area contributed by atoms with Gasteiger partial charge in [0.25, 0.3) is 5.56 Å². The van der Waals surface area contributed by atoms with Gasteiger partial charge in [-0.1, -0.05) is 19.1 Å². The summed E-state index contributed by atoms with van der Waals surface area (Å²) in [4.78, 5) is 24.6. The summed E-state index contributed by atoms with van der Waals surface area (Å²) in [5.41, 5.74) is 0.969. The van der Waals surface area contributed by atoms with Gasteiger partial charge in [0.1, 0.15) is 11.6 Å². The van der Waals surface area contributed by atoms with Crippen LogP contribution in [-0.4, -0.2) is 48.9 Å². The minimum absolute atomic E-state index is 0.130. The van der Waals surface area contributed by atoms with E-state index in [1.54, 1.807) is 6.07 Å². The van der Waals surface area contributed by atoms with E-state index in [0.717, 1.165) is 50.9 Å². The molecule has 2 aliphatic heterocycles. The van der Waals surface area contributed by atoms with Crippen LogP contribution in [0.25, 0.3) is 0 Å². The summed E-state index contributed by atoms with van der Waals surface area (Å²) in [5, 5.41) is 0. The number of morpholine rings is 1. The van der Waals surface area contributed by atoms with Crippen molar-refractivity contribution >= 4 is 11.8 Å². The van der Waals surface area contributed by atoms with Gasteiger partial charge in [-0.05, 0) is 49.3 Å². The number of H-pyrrole nitrogens is 1. The highest BCUT2D eigenvalue weighted by molar-refractivity contribution is 5.45. The fourth-order valence-electron chi connectivity index (χ4n) is 4.39. The zero-order valence-electron chi connectivity index (χ0n) is 16.9. The van der Waals surface area contributed by atoms with Crippen molar-refractivity contribution in [3.8, 4) is 0 Å². The first-order valence-electron chi connectivity index (χ1n) is 10.5. The van der Waals surface area contributed by atoms with Gasteiger partial charge in [0.15, 0.2) is 0 Å². The summed E-state index contributed by atoms with van der Waals surface area (Å²) in [7, 11) is 0. The molecule has 2 fully saturated rings. The zero-order chi connectivity index (χ0) is 20.2. The number of nitrogens with zero attached hydrogens (tertiary/aromatic N) is 3. The Labute approximate surface area is 170 Å². The lowest BCUT2D eigenvalue weighted by atomic mass is 9.94. The lowest BCUT2D eigenvalue weighted by Crippen LogP contribution is -2.41. The van der Waals surface area contributed by atoms with E-state index in [0.29, 0.717) is 30.9 Å². The molecule has 1 aromatic carbocycles. The Hall–Kier alpha value is -2.41. The molecule has 1 N–H and O–H groups in total. The molecule has 4 rings (SSSR count). The predicted molar refractivity (Wildman–Crippen MR) is 112 cm³/mol. The number of nitrogens with one attached hydrogen (secondary N) is 1. The van der Waals surface area contributed by atoms with Gasteiger partial charge >= 0.3 is 0 Å². The van der Waals surface area contributed by atoms with E-state index < -0.39 is 0 Å². The molecule has 3 heterocycles. The molecule has 2 atom stereocenters. The summed E-state index contributed by atoms with van der Waals surface area (Å²) >= 11 is 0. The fourth-order valence-corrected chi connectivity index (χ4v) is 4.39. The molecule has 0 amide bonds. The summed E-state index contributed by atoms with van der Waals surface area (Å²) in [5.74, 6) is 1.73. The van der Waals surface area contributed by atoms with Crippen LogP contribution in [0, 0.1) is 11.7 Å². The first kappa shape index (κ1) is 19.9. The van der Waals surface area contributed by atoms with Gasteiger partial charge in [-0.3, -0.25) is 9.78 Å². The van der Waals surface area contributed by atoms with E-state index in [2.05, 4.69) is 21.7 Å². The van der Waals surface area contributed by atoms with E-state index in [4.69, 9.17) is 9.72 Å². The van der Waals surface area contributed by atoms with Crippen LogP contribution in [0.1, 0.15) is 31.7 Å². The molecule has 2 saturated heterocycles. The Morgan fingerprint density at radius 3 is 2.72 bits per heavy atom. The van der Waals surface area contributed by atoms with E-state index in [1.165, 1.54) is 12.1 Å². The second-order valence-electron chi connectivity index (χ2n) is 8.19. The Bertz CT molecular complexity index is 864. The Morgan fingerprint density at radius 1 is 1.21 bits per heavy atom. The second kappa shape index (κ2) is 8.95. The van der Waals surface area contributed by atoms with E-state index in [-0.39, 0.29) is 17.4 Å². The molecule has 0 spiro atoms. The average molecular weight is 400 g/mol. The van der Waals surface area contributed by atoms with Gasteiger partial charge < -0.3 is 14.5 Å². The van der Waals surface area contributed by atoms with Gasteiger partial charge in [-0.2, -0.15) is 4.98 Å². The molecular weight excluding hydrogens is 371 g/mol. The summed E-state index contributed by atoms with van der Waals surface area (Å²) < 4.78 is 18.8. The SMILES string of the molecule is C[C@H]1CCCN(c2nc(N3CCOCC3)cc(=O)[nH]2)[C@@H](Cc2ccc(F)cc2)C1. The Balaban J connectivity index is 1.63. The fraction of sp³-hybridized carbons (Fsp3) is 0.545. The van der Waals surface area contributed by atoms with Gasteiger partial charge in [-0.25, -0.2) is 4.39 Å². The third-order valence-corrected chi connectivity index (χ3v) is 5.92. The van der Waals surface area contributed by atoms with Crippen molar-refractivity contribution in [2.45, 2.75) is 38.6 Å². The van der Waals surface area contributed by atoms with Crippen molar-refractivity contribution in [1.29, 1.82) is 0 Å². The molecule has 6 nitrogen and oxygen atoms in total. The van der Waals surface area contributed by atoms with E-state index in [9.17, 15) is 9.18 Å². The Morgan fingerprint density at radius 2 is 1.97 bits per heavy atom. The van der Waals surface area contributed by atoms with Crippen LogP contribution in [0.3, 0.4) is 0 Å². The van der Waals surface area contributed by atoms with Crippen LogP contribution in [-0.2, 0) is 11.2 Å². The van der Waals surface area contributed by atoms with Crippen molar-refractivity contribution < 1.29 is 9.13 Å². The predicted octanol–water partition coefficient (Wildman–Crippen LogP) is 2.98. The minimum atomic E-state index is -0.218. The van der Waals surface area contributed by atoms with Crippen LogP contribution in [0.15, 0.2) is 35.1 Å². The van der Waals surface area contributed by atoms with Gasteiger partial charge in [0, 0.05) is 31.7 Å². The number of hydrogen-bond acceptors (Lipinski definition) is 5. The second-order valence-corrected chi connectivity index (χ2v) is 8.19. The first-order valence-corrected chi connectivity index (χ1v) is 10.5. The number of ether oxygens (including phenoxy) is 1. The monoisotopic (exact) mass is 400 g/mol. The van der Waals surface area contributed by atoms with Crippen LogP contribution in [0.4, 0.5) is 16.2 Å². The molecule has 0 unspecified atom stereocenters. The zero-order valence-corrected chi connectivity index (χ0v) is 16.9. The maximum atomic E-state index is 13.3. The molecule has 0 saturated carbocycles. The van der Waals surface area contributed by atoms with Gasteiger partial charge in [0.05, 0.1) is 13.2 Å². The van der Waals surface area contributed by atoms with Crippen molar-refractivity contribution in [3.05, 3.63) is 52.1 Å². The van der Waals surface area contributed by atoms with Gasteiger partial charge in [-0.15, -0.1) is 0 Å². The van der Waals surface area contributed by atoms with E-state index in [1.807, 2.05) is 12.1 Å². The number of anilines is 2. The third kappa shape index (κ3) is 4.96. The molecule has 0 aliphatic carbocycles. The quantitative estimate of drug-likeness (QED) is 0.855. The lowest BCUT2D eigenvalue weighted by molar-refractivity contribution is 0.122. The molecule has 1 aromatic heterocycles.